The zero-order valence-corrected chi connectivity index (χ0v) is 9.83. The van der Waals surface area contributed by atoms with E-state index >= 15 is 0 Å². The van der Waals surface area contributed by atoms with E-state index in [0.29, 0.717) is 19.4 Å². The van der Waals surface area contributed by atoms with Crippen LogP contribution in [0.3, 0.4) is 0 Å². The minimum absolute atomic E-state index is 0.0130. The van der Waals surface area contributed by atoms with E-state index in [9.17, 15) is 13.6 Å². The van der Waals surface area contributed by atoms with Crippen molar-refractivity contribution in [3.63, 3.8) is 0 Å². The molecule has 0 radical (unpaired) electrons. The Bertz CT molecular complexity index is 201. The lowest BCUT2D eigenvalue weighted by atomic mass is 10.2. The van der Waals surface area contributed by atoms with Crippen LogP contribution in [0.5, 0.6) is 0 Å². The Morgan fingerprint density at radius 1 is 1.31 bits per heavy atom. The number of carbonyl (C=O) groups is 1. The molecule has 0 atom stereocenters. The van der Waals surface area contributed by atoms with Gasteiger partial charge in [-0.3, -0.25) is 9.69 Å². The van der Waals surface area contributed by atoms with E-state index < -0.39 is 6.43 Å². The molecule has 0 aliphatic rings. The molecule has 0 spiro atoms. The number of amides is 1. The van der Waals surface area contributed by atoms with Crippen LogP contribution in [-0.2, 0) is 4.79 Å². The summed E-state index contributed by atoms with van der Waals surface area (Å²) in [7, 11) is 3.32. The highest BCUT2D eigenvalue weighted by atomic mass is 19.3. The van der Waals surface area contributed by atoms with Gasteiger partial charge in [0.05, 0.1) is 13.2 Å². The van der Waals surface area contributed by atoms with Gasteiger partial charge in [0, 0.05) is 27.1 Å². The minimum atomic E-state index is -2.41. The van der Waals surface area contributed by atoms with Gasteiger partial charge in [-0.15, -0.1) is 0 Å². The van der Waals surface area contributed by atoms with E-state index in [4.69, 9.17) is 5.11 Å². The third-order valence-electron chi connectivity index (χ3n) is 2.18. The second-order valence-electron chi connectivity index (χ2n) is 3.81. The molecule has 0 saturated heterocycles. The molecule has 0 fully saturated rings. The number of rotatable bonds is 8. The summed E-state index contributed by atoms with van der Waals surface area (Å²) >= 11 is 0. The average Bonchev–Trinajstić information content (AvgIpc) is 2.16. The van der Waals surface area contributed by atoms with Gasteiger partial charge in [-0.05, 0) is 13.0 Å². The van der Waals surface area contributed by atoms with Crippen molar-refractivity contribution in [2.75, 3.05) is 40.3 Å². The first-order valence-corrected chi connectivity index (χ1v) is 5.29. The van der Waals surface area contributed by atoms with Crippen molar-refractivity contribution in [2.45, 2.75) is 19.3 Å². The van der Waals surface area contributed by atoms with Gasteiger partial charge in [0.15, 0.2) is 0 Å². The van der Waals surface area contributed by atoms with Gasteiger partial charge in [0.25, 0.3) is 6.43 Å². The molecule has 0 saturated carbocycles. The summed E-state index contributed by atoms with van der Waals surface area (Å²) in [5.74, 6) is -0.0130. The summed E-state index contributed by atoms with van der Waals surface area (Å²) in [6, 6.07) is 0. The monoisotopic (exact) mass is 238 g/mol. The molecule has 0 unspecified atom stereocenters. The maximum atomic E-state index is 12.1. The minimum Gasteiger partial charge on any atom is -0.395 e. The molecule has 16 heavy (non-hydrogen) atoms. The van der Waals surface area contributed by atoms with Gasteiger partial charge in [-0.25, -0.2) is 8.78 Å². The first-order chi connectivity index (χ1) is 7.47. The molecule has 0 aromatic rings. The molecule has 0 aliphatic heterocycles. The van der Waals surface area contributed by atoms with Crippen molar-refractivity contribution in [2.24, 2.45) is 0 Å². The molecule has 0 bridgehead atoms. The first kappa shape index (κ1) is 15.2. The van der Waals surface area contributed by atoms with E-state index in [0.717, 1.165) is 0 Å². The molecule has 6 heteroatoms. The number of aliphatic hydroxyl groups excluding tert-OH is 1. The molecule has 1 amide bonds. The van der Waals surface area contributed by atoms with Gasteiger partial charge in [-0.2, -0.15) is 0 Å². The summed E-state index contributed by atoms with van der Waals surface area (Å²) in [5, 5.41) is 8.68. The summed E-state index contributed by atoms with van der Waals surface area (Å²) < 4.78 is 24.2. The highest BCUT2D eigenvalue weighted by Gasteiger charge is 2.12. The normalized spacial score (nSPS) is 11.2. The largest absolute Gasteiger partial charge is 0.395 e. The van der Waals surface area contributed by atoms with Crippen molar-refractivity contribution < 1.29 is 18.7 Å². The summed E-state index contributed by atoms with van der Waals surface area (Å²) in [5.41, 5.74) is 0. The Morgan fingerprint density at radius 2 is 1.94 bits per heavy atom. The Morgan fingerprint density at radius 3 is 2.38 bits per heavy atom. The van der Waals surface area contributed by atoms with Crippen LogP contribution >= 0.6 is 0 Å². The van der Waals surface area contributed by atoms with Crippen LogP contribution in [0.1, 0.15) is 12.8 Å². The fourth-order valence-corrected chi connectivity index (χ4v) is 1.31. The molecular formula is C10H20F2N2O2. The molecule has 0 heterocycles. The van der Waals surface area contributed by atoms with E-state index in [-0.39, 0.29) is 25.6 Å². The second kappa shape index (κ2) is 8.41. The fraction of sp³-hybridized carbons (Fsp3) is 0.900. The molecule has 0 aromatic heterocycles. The van der Waals surface area contributed by atoms with Crippen LogP contribution in [0, 0.1) is 0 Å². The van der Waals surface area contributed by atoms with E-state index in [1.54, 1.807) is 14.1 Å². The quantitative estimate of drug-likeness (QED) is 0.666. The average molecular weight is 238 g/mol. The third-order valence-corrected chi connectivity index (χ3v) is 2.18. The number of halogens is 2. The van der Waals surface area contributed by atoms with E-state index in [2.05, 4.69) is 0 Å². The smallest absolute Gasteiger partial charge is 0.251 e. The lowest BCUT2D eigenvalue weighted by Crippen LogP contribution is -2.33. The highest BCUT2D eigenvalue weighted by molar-refractivity contribution is 5.75. The fourth-order valence-electron chi connectivity index (χ4n) is 1.31. The van der Waals surface area contributed by atoms with Crippen LogP contribution in [0.4, 0.5) is 8.78 Å². The number of alkyl halides is 2. The molecule has 0 rings (SSSR count). The van der Waals surface area contributed by atoms with Gasteiger partial charge < -0.3 is 10.0 Å². The summed E-state index contributed by atoms with van der Waals surface area (Å²) in [6.45, 7) is 0.135. The number of carbonyl (C=O) groups excluding carboxylic acids is 1. The molecule has 0 aromatic carbocycles. The number of aliphatic hydroxyl groups is 1. The number of nitrogens with zero attached hydrogens (tertiary/aromatic N) is 2. The molecular weight excluding hydrogens is 218 g/mol. The Hall–Kier alpha value is -0.750. The van der Waals surface area contributed by atoms with Gasteiger partial charge >= 0.3 is 0 Å². The molecule has 0 aliphatic carbocycles. The highest BCUT2D eigenvalue weighted by Crippen LogP contribution is 2.02. The lowest BCUT2D eigenvalue weighted by molar-refractivity contribution is -0.128. The maximum absolute atomic E-state index is 12.1. The molecule has 4 nitrogen and oxygen atoms in total. The predicted molar refractivity (Wildman–Crippen MR) is 57.5 cm³/mol. The number of hydrogen-bond donors (Lipinski definition) is 1. The SMILES string of the molecule is CN(C)C(=O)CCCN(CCO)CC(F)F. The van der Waals surface area contributed by atoms with Crippen molar-refractivity contribution in [3.05, 3.63) is 0 Å². The van der Waals surface area contributed by atoms with Gasteiger partial charge in [-0.1, -0.05) is 0 Å². The Balaban J connectivity index is 3.79. The molecule has 96 valence electrons. The van der Waals surface area contributed by atoms with Crippen LogP contribution in [-0.4, -0.2) is 67.6 Å². The van der Waals surface area contributed by atoms with Crippen molar-refractivity contribution in [1.29, 1.82) is 0 Å². The second-order valence-corrected chi connectivity index (χ2v) is 3.81. The number of hydrogen-bond acceptors (Lipinski definition) is 3. The standard InChI is InChI=1S/C10H20F2N2O2/c1-13(2)10(16)4-3-5-14(6-7-15)8-9(11)12/h9,15H,3-8H2,1-2H3. The lowest BCUT2D eigenvalue weighted by Gasteiger charge is -2.20. The van der Waals surface area contributed by atoms with Crippen LogP contribution in [0.2, 0.25) is 0 Å². The van der Waals surface area contributed by atoms with E-state index in [1.807, 2.05) is 0 Å². The van der Waals surface area contributed by atoms with Crippen LogP contribution in [0.15, 0.2) is 0 Å². The van der Waals surface area contributed by atoms with E-state index in [1.165, 1.54) is 9.80 Å². The van der Waals surface area contributed by atoms with Crippen molar-refractivity contribution >= 4 is 5.91 Å². The molecule has 1 N–H and O–H groups in total. The topological polar surface area (TPSA) is 43.8 Å². The van der Waals surface area contributed by atoms with Gasteiger partial charge in [0.2, 0.25) is 5.91 Å². The van der Waals surface area contributed by atoms with Crippen LogP contribution in [0.25, 0.3) is 0 Å². The Kier molecular flexibility index (Phi) is 8.01. The van der Waals surface area contributed by atoms with Crippen molar-refractivity contribution in [3.8, 4) is 0 Å². The summed E-state index contributed by atoms with van der Waals surface area (Å²) in [6.07, 6.45) is -1.53. The predicted octanol–water partition coefficient (Wildman–Crippen LogP) is 0.414. The van der Waals surface area contributed by atoms with Crippen molar-refractivity contribution in [1.82, 2.24) is 9.80 Å². The zero-order chi connectivity index (χ0) is 12.6. The first-order valence-electron chi connectivity index (χ1n) is 5.29. The Labute approximate surface area is 94.8 Å². The summed E-state index contributed by atoms with van der Waals surface area (Å²) in [4.78, 5) is 14.2. The van der Waals surface area contributed by atoms with Gasteiger partial charge in [0.1, 0.15) is 0 Å². The zero-order valence-electron chi connectivity index (χ0n) is 9.83. The third kappa shape index (κ3) is 7.53. The van der Waals surface area contributed by atoms with Crippen LogP contribution < -0.4 is 0 Å². The maximum Gasteiger partial charge on any atom is 0.251 e.